The molecule has 0 spiro atoms. The number of ether oxygens (including phenoxy) is 2. The highest BCUT2D eigenvalue weighted by Crippen LogP contribution is 2.33. The standard InChI is InChI=1S/2C16H13FN2OS.C16H13FN2S.C15H11FN2S.CH4/c1-20-14-7-2-4-11(8-14)15-10-21-16(19-15)18-13-6-3-5-12(17)9-13;1-20-12-6-4-5-11(9-12)15-10-21-16(19-15)18-14-8-3-2-7-13(14)17;1-11-5-4-6-12(9-11)15-10-20-16(19-15)18-14-8-3-2-7-13(14)17;16-12-8-4-5-9-13(12)17-15-18-14(10-19-15)11-6-2-1-3-7-11;/h2*2-10H,1H3,(H,18,19);2-10H,1H3,(H,18,19);1-10H,(H,17,18);1H4. The van der Waals surface area contributed by atoms with Crippen molar-refractivity contribution in [1.29, 1.82) is 0 Å². The number of para-hydroxylation sites is 3. The Labute approximate surface area is 489 Å². The van der Waals surface area contributed by atoms with Crippen LogP contribution in [-0.4, -0.2) is 34.2 Å². The molecule has 12 aromatic rings. The molecule has 0 aliphatic heterocycles. The van der Waals surface area contributed by atoms with Crippen molar-refractivity contribution in [3.8, 4) is 56.5 Å². The van der Waals surface area contributed by atoms with E-state index < -0.39 is 0 Å². The van der Waals surface area contributed by atoms with E-state index in [9.17, 15) is 17.6 Å². The largest absolute Gasteiger partial charge is 0.497 e. The molecule has 0 aliphatic carbocycles. The highest BCUT2D eigenvalue weighted by atomic mass is 32.1. The van der Waals surface area contributed by atoms with Crippen LogP contribution in [0.4, 0.5) is 60.8 Å². The normalized spacial score (nSPS) is 10.3. The van der Waals surface area contributed by atoms with Crippen LogP contribution < -0.4 is 30.7 Å². The van der Waals surface area contributed by atoms with E-state index in [1.807, 2.05) is 126 Å². The minimum absolute atomic E-state index is 0. The number of halogens is 4. The van der Waals surface area contributed by atoms with Crippen LogP contribution in [0.25, 0.3) is 45.0 Å². The molecule has 0 saturated carbocycles. The average Bonchev–Trinajstić information content (AvgIpc) is 4.38. The molecule has 4 N–H and O–H groups in total. The molecule has 18 heteroatoms. The third-order valence-electron chi connectivity index (χ3n) is 11.6. The zero-order valence-corrected chi connectivity index (χ0v) is 46.9. The van der Waals surface area contributed by atoms with E-state index in [1.165, 1.54) is 81.2 Å². The monoisotopic (exact) mass is 1170 g/mol. The number of nitrogens with zero attached hydrogens (tertiary/aromatic N) is 4. The molecule has 4 heterocycles. The van der Waals surface area contributed by atoms with E-state index in [2.05, 4.69) is 47.3 Å². The van der Waals surface area contributed by atoms with E-state index in [0.29, 0.717) is 38.1 Å². The van der Waals surface area contributed by atoms with Gasteiger partial charge in [-0.05, 0) is 91.9 Å². The van der Waals surface area contributed by atoms with Gasteiger partial charge in [0.1, 0.15) is 34.8 Å². The predicted molar refractivity (Wildman–Crippen MR) is 334 cm³/mol. The Hall–Kier alpha value is -9.20. The molecule has 0 aliphatic rings. The Kier molecular flexibility index (Phi) is 21.1. The van der Waals surface area contributed by atoms with Crippen molar-refractivity contribution in [2.24, 2.45) is 0 Å². The molecule has 8 aromatic carbocycles. The molecule has 0 radical (unpaired) electrons. The number of nitrogens with one attached hydrogen (secondary N) is 4. The zero-order chi connectivity index (χ0) is 56.3. The molecular formula is C64H54F4N8O2S4. The third kappa shape index (κ3) is 16.7. The van der Waals surface area contributed by atoms with Gasteiger partial charge in [-0.3, -0.25) is 0 Å². The first kappa shape index (κ1) is 58.9. The molecule has 0 unspecified atom stereocenters. The van der Waals surface area contributed by atoms with Gasteiger partial charge in [-0.2, -0.15) is 0 Å². The number of hydrogen-bond donors (Lipinski definition) is 4. The zero-order valence-electron chi connectivity index (χ0n) is 43.6. The lowest BCUT2D eigenvalue weighted by Crippen LogP contribution is -1.92. The van der Waals surface area contributed by atoms with E-state index in [-0.39, 0.29) is 30.7 Å². The van der Waals surface area contributed by atoms with Gasteiger partial charge in [0.15, 0.2) is 20.5 Å². The van der Waals surface area contributed by atoms with Crippen molar-refractivity contribution in [3.63, 3.8) is 0 Å². The summed E-state index contributed by atoms with van der Waals surface area (Å²) < 4.78 is 64.3. The van der Waals surface area contributed by atoms with Crippen molar-refractivity contribution in [2.75, 3.05) is 35.5 Å². The van der Waals surface area contributed by atoms with E-state index in [4.69, 9.17) is 9.47 Å². The van der Waals surface area contributed by atoms with Gasteiger partial charge in [-0.15, -0.1) is 45.3 Å². The summed E-state index contributed by atoms with van der Waals surface area (Å²) in [5.41, 5.74) is 10.7. The minimum Gasteiger partial charge on any atom is -0.497 e. The molecule has 0 saturated heterocycles. The molecule has 0 atom stereocenters. The van der Waals surface area contributed by atoms with Crippen molar-refractivity contribution in [1.82, 2.24) is 19.9 Å². The van der Waals surface area contributed by atoms with Gasteiger partial charge in [0, 0.05) is 49.5 Å². The number of aryl methyl sites for hydroxylation is 1. The lowest BCUT2D eigenvalue weighted by molar-refractivity contribution is 0.415. The number of hydrogen-bond acceptors (Lipinski definition) is 14. The van der Waals surface area contributed by atoms with Crippen LogP contribution in [0.1, 0.15) is 13.0 Å². The number of anilines is 8. The molecule has 12 rings (SSSR count). The van der Waals surface area contributed by atoms with E-state index in [0.717, 1.165) is 61.7 Å². The second-order valence-corrected chi connectivity index (χ2v) is 20.7. The summed E-state index contributed by atoms with van der Waals surface area (Å²) in [4.78, 5) is 17.9. The number of rotatable bonds is 14. The van der Waals surface area contributed by atoms with Crippen LogP contribution in [0.3, 0.4) is 0 Å². The Morgan fingerprint density at radius 3 is 1.11 bits per heavy atom. The summed E-state index contributed by atoms with van der Waals surface area (Å²) in [6.45, 7) is 2.05. The quantitative estimate of drug-likeness (QED) is 0.0784. The van der Waals surface area contributed by atoms with Gasteiger partial charge in [0.2, 0.25) is 0 Å². The van der Waals surface area contributed by atoms with Gasteiger partial charge in [-0.25, -0.2) is 37.5 Å². The van der Waals surface area contributed by atoms with Gasteiger partial charge in [0.25, 0.3) is 0 Å². The lowest BCUT2D eigenvalue weighted by atomic mass is 10.1. The highest BCUT2D eigenvalue weighted by molar-refractivity contribution is 7.15. The second kappa shape index (κ2) is 29.3. The first-order valence-electron chi connectivity index (χ1n) is 24.9. The SMILES string of the molecule is C.COc1cccc(-c2csc(Nc3cccc(F)c3)n2)c1.COc1cccc(-c2csc(Nc3ccccc3F)n2)c1.Cc1cccc(-c2csc(Nc3ccccc3F)n2)c1.Fc1ccccc1Nc1nc(-c2ccccc2)cs1. The van der Waals surface area contributed by atoms with Crippen molar-refractivity contribution in [2.45, 2.75) is 14.4 Å². The molecular weight excluding hydrogens is 1120 g/mol. The van der Waals surface area contributed by atoms with Crippen molar-refractivity contribution >= 4 is 88.6 Å². The van der Waals surface area contributed by atoms with Crippen LogP contribution in [-0.2, 0) is 0 Å². The summed E-state index contributed by atoms with van der Waals surface area (Å²) >= 11 is 5.83. The minimum atomic E-state index is -0.296. The molecule has 4 aromatic heterocycles. The highest BCUT2D eigenvalue weighted by Gasteiger charge is 2.11. The summed E-state index contributed by atoms with van der Waals surface area (Å²) in [6, 6.07) is 59.5. The Balaban J connectivity index is 0.000000143. The number of methoxy groups -OCH3 is 2. The lowest BCUT2D eigenvalue weighted by Gasteiger charge is -2.03. The molecule has 0 bridgehead atoms. The third-order valence-corrected chi connectivity index (χ3v) is 14.6. The fourth-order valence-corrected chi connectivity index (χ4v) is 10.5. The Morgan fingerprint density at radius 1 is 0.354 bits per heavy atom. The van der Waals surface area contributed by atoms with Crippen molar-refractivity contribution < 1.29 is 27.0 Å². The van der Waals surface area contributed by atoms with Crippen LogP contribution in [0.2, 0.25) is 0 Å². The Morgan fingerprint density at radius 2 is 0.707 bits per heavy atom. The van der Waals surface area contributed by atoms with Crippen LogP contribution >= 0.6 is 45.3 Å². The molecule has 0 fully saturated rings. The van der Waals surface area contributed by atoms with E-state index >= 15 is 0 Å². The average molecular weight is 1170 g/mol. The predicted octanol–water partition coefficient (Wildman–Crippen LogP) is 19.7. The maximum Gasteiger partial charge on any atom is 0.187 e. The fourth-order valence-electron chi connectivity index (χ4n) is 7.56. The maximum absolute atomic E-state index is 13.6. The molecule has 414 valence electrons. The molecule has 10 nitrogen and oxygen atoms in total. The van der Waals surface area contributed by atoms with Crippen LogP contribution in [0.15, 0.2) is 222 Å². The maximum atomic E-state index is 13.6. The smallest absolute Gasteiger partial charge is 0.187 e. The van der Waals surface area contributed by atoms with Crippen LogP contribution in [0.5, 0.6) is 11.5 Å². The topological polar surface area (TPSA) is 118 Å². The van der Waals surface area contributed by atoms with Gasteiger partial charge < -0.3 is 30.7 Å². The van der Waals surface area contributed by atoms with E-state index in [1.54, 1.807) is 80.9 Å². The summed E-state index contributed by atoms with van der Waals surface area (Å²) in [7, 11) is 3.27. The van der Waals surface area contributed by atoms with Gasteiger partial charge in [-0.1, -0.05) is 128 Å². The first-order chi connectivity index (χ1) is 39.5. The number of aromatic nitrogens is 4. The van der Waals surface area contributed by atoms with Gasteiger partial charge in [0.05, 0.1) is 54.1 Å². The fraction of sp³-hybridized carbons (Fsp3) is 0.0625. The second-order valence-electron chi connectivity index (χ2n) is 17.3. The summed E-state index contributed by atoms with van der Waals surface area (Å²) in [5, 5.41) is 22.6. The number of benzene rings is 8. The number of thiazole rings is 4. The molecule has 82 heavy (non-hydrogen) atoms. The summed E-state index contributed by atoms with van der Waals surface area (Å²) in [6.07, 6.45) is 0. The van der Waals surface area contributed by atoms with Gasteiger partial charge >= 0.3 is 0 Å². The molecule has 0 amide bonds. The Bertz CT molecular complexity index is 3950. The summed E-state index contributed by atoms with van der Waals surface area (Å²) in [5.74, 6) is 0.447. The first-order valence-corrected chi connectivity index (χ1v) is 28.4. The van der Waals surface area contributed by atoms with Crippen molar-refractivity contribution in [3.05, 3.63) is 251 Å². The van der Waals surface area contributed by atoms with Crippen LogP contribution in [0, 0.1) is 30.2 Å².